The van der Waals surface area contributed by atoms with Crippen LogP contribution in [0.5, 0.6) is 0 Å². The number of aryl methyl sites for hydroxylation is 2. The van der Waals surface area contributed by atoms with Crippen LogP contribution < -0.4 is 5.73 Å². The fourth-order valence-corrected chi connectivity index (χ4v) is 4.37. The molecule has 0 saturated carbocycles. The predicted octanol–water partition coefficient (Wildman–Crippen LogP) is 3.58. The van der Waals surface area contributed by atoms with Gasteiger partial charge in [-0.2, -0.15) is 0 Å². The van der Waals surface area contributed by atoms with Gasteiger partial charge in [-0.05, 0) is 45.1 Å². The van der Waals surface area contributed by atoms with Gasteiger partial charge in [0.25, 0.3) is 0 Å². The molecule has 1 atom stereocenters. The fourth-order valence-electron chi connectivity index (χ4n) is 3.03. The Morgan fingerprint density at radius 3 is 2.69 bits per heavy atom. The number of ether oxygens (including phenoxy) is 1. The number of nitrogens with two attached hydrogens (primary N) is 1. The summed E-state index contributed by atoms with van der Waals surface area (Å²) in [5.74, 6) is 3.02. The Hall–Kier alpha value is -1.31. The van der Waals surface area contributed by atoms with Crippen molar-refractivity contribution in [2.45, 2.75) is 66.0 Å². The molecule has 146 valence electrons. The van der Waals surface area contributed by atoms with E-state index in [1.54, 1.807) is 6.20 Å². The van der Waals surface area contributed by atoms with Crippen molar-refractivity contribution >= 4 is 28.0 Å². The number of aromatic nitrogens is 3. The quantitative estimate of drug-likeness (QED) is 0.449. The number of unbranched alkanes of at least 4 members (excludes halogenated alkanes) is 3. The molecule has 0 aliphatic carbocycles. The third-order valence-electron chi connectivity index (χ3n) is 4.47. The number of hydrogen-bond acceptors (Lipinski definition) is 5. The molecule has 6 nitrogen and oxygen atoms in total. The zero-order valence-corrected chi connectivity index (χ0v) is 17.1. The van der Waals surface area contributed by atoms with Gasteiger partial charge in [-0.1, -0.05) is 24.5 Å². The highest BCUT2D eigenvalue weighted by Crippen LogP contribution is 2.24. The Bertz CT molecular complexity index is 690. The van der Waals surface area contributed by atoms with Gasteiger partial charge < -0.3 is 19.6 Å². The summed E-state index contributed by atoms with van der Waals surface area (Å²) in [6, 6.07) is 0. The Balaban J connectivity index is 1.99. The molecule has 1 unspecified atom stereocenters. The van der Waals surface area contributed by atoms with Crippen LogP contribution in [0, 0.1) is 6.92 Å². The van der Waals surface area contributed by atoms with E-state index < -0.39 is 11.2 Å². The third kappa shape index (κ3) is 5.59. The number of nitrogens with zero attached hydrogens (tertiary/aromatic N) is 3. The van der Waals surface area contributed by atoms with Crippen molar-refractivity contribution in [3.63, 3.8) is 0 Å². The maximum atomic E-state index is 11.9. The lowest BCUT2D eigenvalue weighted by Gasteiger charge is -2.12. The summed E-state index contributed by atoms with van der Waals surface area (Å²) in [7, 11) is 0. The summed E-state index contributed by atoms with van der Waals surface area (Å²) >= 11 is -0.662. The van der Waals surface area contributed by atoms with Crippen LogP contribution in [-0.2, 0) is 29.1 Å². The molecule has 26 heavy (non-hydrogen) atoms. The summed E-state index contributed by atoms with van der Waals surface area (Å²) in [5, 5.41) is 0. The van der Waals surface area contributed by atoms with E-state index in [-0.39, 0.29) is 0 Å². The van der Waals surface area contributed by atoms with E-state index in [1.807, 2.05) is 13.8 Å². The van der Waals surface area contributed by atoms with Crippen LogP contribution in [0.4, 0.5) is 5.82 Å². The molecule has 2 heterocycles. The number of nitrogen functional groups attached to an aromatic ring is 1. The summed E-state index contributed by atoms with van der Waals surface area (Å²) in [6.45, 7) is 8.15. The molecule has 0 fully saturated rings. The minimum absolute atomic E-state index is 0.466. The highest BCUT2D eigenvalue weighted by atomic mass is 32.2. The summed E-state index contributed by atoms with van der Waals surface area (Å²) in [5.41, 5.74) is 8.92. The standard InChI is InChI=1S/C19H32N4O2S/c1-4-6-11-26(24)12-9-7-8-10-23-16(14-25-5-2)22-17-18(23)15(3)13-21-19(17)20/h13H,4-12,14H2,1-3H3,(H2,20,21). The molecule has 0 aliphatic heterocycles. The van der Waals surface area contributed by atoms with Gasteiger partial charge in [0.1, 0.15) is 29.5 Å². The molecule has 0 spiro atoms. The molecule has 0 bridgehead atoms. The molecular formula is C19H32N4O2S. The molecule has 7 heteroatoms. The number of hydrogen-bond donors (Lipinski definition) is 1. The molecule has 0 aliphatic rings. The van der Waals surface area contributed by atoms with E-state index in [9.17, 15) is 4.55 Å². The number of imidazole rings is 1. The number of fused-ring (bicyclic) bond motifs is 1. The lowest BCUT2D eigenvalue weighted by Crippen LogP contribution is -2.11. The second kappa shape index (κ2) is 10.7. The van der Waals surface area contributed by atoms with Crippen molar-refractivity contribution in [2.24, 2.45) is 0 Å². The molecule has 0 radical (unpaired) electrons. The van der Waals surface area contributed by atoms with Crippen LogP contribution in [0.25, 0.3) is 11.0 Å². The average molecular weight is 381 g/mol. The van der Waals surface area contributed by atoms with E-state index >= 15 is 0 Å². The second-order valence-electron chi connectivity index (χ2n) is 6.60. The van der Waals surface area contributed by atoms with Crippen molar-refractivity contribution in [1.82, 2.24) is 14.5 Å². The third-order valence-corrected chi connectivity index (χ3v) is 5.96. The van der Waals surface area contributed by atoms with Crippen LogP contribution in [0.1, 0.15) is 57.3 Å². The molecule has 2 N–H and O–H groups in total. The molecule has 2 rings (SSSR count). The van der Waals surface area contributed by atoms with E-state index in [1.165, 1.54) is 0 Å². The minimum Gasteiger partial charge on any atom is -0.616 e. The van der Waals surface area contributed by atoms with Crippen LogP contribution in [0.15, 0.2) is 6.20 Å². The monoisotopic (exact) mass is 380 g/mol. The predicted molar refractivity (Wildman–Crippen MR) is 109 cm³/mol. The summed E-state index contributed by atoms with van der Waals surface area (Å²) in [4.78, 5) is 8.90. The van der Waals surface area contributed by atoms with Crippen molar-refractivity contribution < 1.29 is 9.29 Å². The molecule has 0 aromatic carbocycles. The van der Waals surface area contributed by atoms with Crippen LogP contribution >= 0.6 is 0 Å². The van der Waals surface area contributed by atoms with Gasteiger partial charge in [0.15, 0.2) is 5.82 Å². The van der Waals surface area contributed by atoms with E-state index in [0.717, 1.165) is 72.6 Å². The smallest absolute Gasteiger partial charge is 0.151 e. The zero-order chi connectivity index (χ0) is 18.9. The Morgan fingerprint density at radius 1 is 1.19 bits per heavy atom. The first-order valence-corrected chi connectivity index (χ1v) is 11.1. The summed E-state index contributed by atoms with van der Waals surface area (Å²) < 4.78 is 19.7. The number of pyridine rings is 1. The van der Waals surface area contributed by atoms with Crippen LogP contribution in [-0.4, -0.2) is 37.2 Å². The van der Waals surface area contributed by atoms with Crippen molar-refractivity contribution in [2.75, 3.05) is 23.8 Å². The van der Waals surface area contributed by atoms with Crippen LogP contribution in [0.3, 0.4) is 0 Å². The van der Waals surface area contributed by atoms with Crippen LogP contribution in [0.2, 0.25) is 0 Å². The van der Waals surface area contributed by atoms with Crippen molar-refractivity contribution in [3.05, 3.63) is 17.6 Å². The average Bonchev–Trinajstić information content (AvgIpc) is 3.00. The molecule has 0 saturated heterocycles. The maximum absolute atomic E-state index is 11.9. The van der Waals surface area contributed by atoms with E-state index in [4.69, 9.17) is 10.5 Å². The maximum Gasteiger partial charge on any atom is 0.151 e. The molecule has 0 amide bonds. The summed E-state index contributed by atoms with van der Waals surface area (Å²) in [6.07, 6.45) is 7.06. The van der Waals surface area contributed by atoms with Gasteiger partial charge in [0, 0.05) is 19.3 Å². The fraction of sp³-hybridized carbons (Fsp3) is 0.684. The van der Waals surface area contributed by atoms with Gasteiger partial charge >= 0.3 is 0 Å². The lowest BCUT2D eigenvalue weighted by atomic mass is 10.2. The first-order chi connectivity index (χ1) is 12.6. The second-order valence-corrected chi connectivity index (χ2v) is 8.30. The Kier molecular flexibility index (Phi) is 8.68. The van der Waals surface area contributed by atoms with E-state index in [2.05, 4.69) is 21.5 Å². The SMILES string of the molecule is CCCC[S+]([O-])CCCCCn1c(COCC)nc2c(N)ncc(C)c21. The molecule has 2 aromatic heterocycles. The van der Waals surface area contributed by atoms with Gasteiger partial charge in [-0.15, -0.1) is 0 Å². The molecule has 2 aromatic rings. The topological polar surface area (TPSA) is 89.0 Å². The van der Waals surface area contributed by atoms with Crippen molar-refractivity contribution in [1.29, 1.82) is 0 Å². The van der Waals surface area contributed by atoms with Crippen molar-refractivity contribution in [3.8, 4) is 0 Å². The highest BCUT2D eigenvalue weighted by Gasteiger charge is 2.15. The van der Waals surface area contributed by atoms with Gasteiger partial charge in [-0.25, -0.2) is 9.97 Å². The lowest BCUT2D eigenvalue weighted by molar-refractivity contribution is 0.126. The van der Waals surface area contributed by atoms with Gasteiger partial charge in [0.05, 0.1) is 5.52 Å². The minimum atomic E-state index is -0.662. The zero-order valence-electron chi connectivity index (χ0n) is 16.3. The van der Waals surface area contributed by atoms with E-state index in [0.29, 0.717) is 19.0 Å². The highest BCUT2D eigenvalue weighted by molar-refractivity contribution is 7.91. The Morgan fingerprint density at radius 2 is 1.96 bits per heavy atom. The normalized spacial score (nSPS) is 12.8. The largest absolute Gasteiger partial charge is 0.616 e. The molecular weight excluding hydrogens is 348 g/mol. The Labute approximate surface area is 159 Å². The first kappa shape index (κ1) is 21.0. The number of rotatable bonds is 12. The van der Waals surface area contributed by atoms with Gasteiger partial charge in [-0.3, -0.25) is 0 Å². The first-order valence-electron chi connectivity index (χ1n) is 9.61. The van der Waals surface area contributed by atoms with Gasteiger partial charge in [0.2, 0.25) is 0 Å². The number of anilines is 1.